The van der Waals surface area contributed by atoms with Gasteiger partial charge in [0, 0.05) is 5.75 Å². The first kappa shape index (κ1) is 17.3. The summed E-state index contributed by atoms with van der Waals surface area (Å²) in [5.74, 6) is -1.45. The first-order valence-corrected chi connectivity index (χ1v) is 8.15. The van der Waals surface area contributed by atoms with Gasteiger partial charge < -0.3 is 15.2 Å². The van der Waals surface area contributed by atoms with Crippen LogP contribution in [-0.4, -0.2) is 29.3 Å². The number of carbonyl (C=O) groups is 2. The number of thioether (sulfide) groups is 1. The average Bonchev–Trinajstić information content (AvgIpc) is 2.48. The molecule has 2 rings (SSSR count). The van der Waals surface area contributed by atoms with E-state index < -0.39 is 17.7 Å². The van der Waals surface area contributed by atoms with Crippen molar-refractivity contribution in [3.05, 3.63) is 39.7 Å². The van der Waals surface area contributed by atoms with E-state index in [1.807, 2.05) is 0 Å². The zero-order valence-corrected chi connectivity index (χ0v) is 13.9. The predicted molar refractivity (Wildman–Crippen MR) is 87.2 cm³/mol. The van der Waals surface area contributed by atoms with E-state index >= 15 is 0 Å². The Morgan fingerprint density at radius 2 is 2.09 bits per heavy atom. The first-order valence-electron chi connectivity index (χ1n) is 7.16. The monoisotopic (exact) mass is 339 g/mol. The lowest BCUT2D eigenvalue weighted by atomic mass is 9.94. The van der Waals surface area contributed by atoms with E-state index in [4.69, 9.17) is 4.74 Å². The standard InChI is InChI=1S/C16H18FNO4S/c1-8(2)12-10(16(20)21)4-5-11(17)13(12)18-15(19)14-9(3)22-6-7-23-14/h4-5,8H,6-7H2,1-3H3,(H,18,19)(H,20,21). The van der Waals surface area contributed by atoms with Crippen molar-refractivity contribution in [1.29, 1.82) is 0 Å². The summed E-state index contributed by atoms with van der Waals surface area (Å²) in [7, 11) is 0. The maximum atomic E-state index is 14.2. The number of hydrogen-bond donors (Lipinski definition) is 2. The Hall–Kier alpha value is -2.02. The van der Waals surface area contributed by atoms with Gasteiger partial charge in [0.25, 0.3) is 5.91 Å². The lowest BCUT2D eigenvalue weighted by Crippen LogP contribution is -2.21. The van der Waals surface area contributed by atoms with Gasteiger partial charge in [-0.2, -0.15) is 0 Å². The molecule has 7 heteroatoms. The van der Waals surface area contributed by atoms with Crippen molar-refractivity contribution in [2.45, 2.75) is 26.7 Å². The second-order valence-corrected chi connectivity index (χ2v) is 6.49. The Bertz CT molecular complexity index is 685. The number of ether oxygens (including phenoxy) is 1. The molecule has 1 aromatic carbocycles. The average molecular weight is 339 g/mol. The highest BCUT2D eigenvalue weighted by Crippen LogP contribution is 2.33. The second-order valence-electron chi connectivity index (χ2n) is 5.38. The van der Waals surface area contributed by atoms with E-state index in [9.17, 15) is 19.1 Å². The van der Waals surface area contributed by atoms with Gasteiger partial charge in [-0.3, -0.25) is 4.79 Å². The summed E-state index contributed by atoms with van der Waals surface area (Å²) >= 11 is 1.33. The zero-order chi connectivity index (χ0) is 17.1. The fraction of sp³-hybridized carbons (Fsp3) is 0.375. The molecule has 0 unspecified atom stereocenters. The molecule has 1 aromatic rings. The molecule has 1 amide bonds. The number of rotatable bonds is 4. The van der Waals surface area contributed by atoms with Gasteiger partial charge in [0.2, 0.25) is 0 Å². The lowest BCUT2D eigenvalue weighted by Gasteiger charge is -2.20. The van der Waals surface area contributed by atoms with Crippen LogP contribution in [0.2, 0.25) is 0 Å². The molecule has 0 saturated heterocycles. The van der Waals surface area contributed by atoms with Gasteiger partial charge in [0.15, 0.2) is 0 Å². The number of carboxylic acid groups (broad SMARTS) is 1. The Kier molecular flexibility index (Phi) is 5.30. The molecule has 0 atom stereocenters. The number of halogens is 1. The highest BCUT2D eigenvalue weighted by molar-refractivity contribution is 8.04. The number of aromatic carboxylic acids is 1. The molecule has 124 valence electrons. The van der Waals surface area contributed by atoms with Crippen molar-refractivity contribution in [2.75, 3.05) is 17.7 Å². The van der Waals surface area contributed by atoms with Crippen LogP contribution in [0.5, 0.6) is 0 Å². The van der Waals surface area contributed by atoms with E-state index in [0.717, 1.165) is 6.07 Å². The molecule has 2 N–H and O–H groups in total. The van der Waals surface area contributed by atoms with Crippen LogP contribution < -0.4 is 5.32 Å². The second kappa shape index (κ2) is 7.04. The summed E-state index contributed by atoms with van der Waals surface area (Å²) < 4.78 is 19.5. The van der Waals surface area contributed by atoms with E-state index in [0.29, 0.717) is 23.0 Å². The maximum absolute atomic E-state index is 14.2. The third kappa shape index (κ3) is 3.67. The number of nitrogens with one attached hydrogen (secondary N) is 1. The van der Waals surface area contributed by atoms with E-state index in [1.54, 1.807) is 20.8 Å². The molecule has 0 aliphatic carbocycles. The van der Waals surface area contributed by atoms with Gasteiger partial charge in [-0.15, -0.1) is 11.8 Å². The number of benzene rings is 1. The maximum Gasteiger partial charge on any atom is 0.336 e. The molecule has 0 spiro atoms. The Labute approximate surface area is 137 Å². The van der Waals surface area contributed by atoms with Crippen LogP contribution in [0, 0.1) is 5.82 Å². The van der Waals surface area contributed by atoms with E-state index in [1.165, 1.54) is 17.8 Å². The van der Waals surface area contributed by atoms with Crippen molar-refractivity contribution in [3.8, 4) is 0 Å². The van der Waals surface area contributed by atoms with Crippen LogP contribution in [0.3, 0.4) is 0 Å². The molecule has 1 aliphatic rings. The smallest absolute Gasteiger partial charge is 0.336 e. The molecule has 5 nitrogen and oxygen atoms in total. The molecular formula is C16H18FNO4S. The Balaban J connectivity index is 2.45. The van der Waals surface area contributed by atoms with Crippen LogP contribution in [0.1, 0.15) is 42.6 Å². The molecule has 0 saturated carbocycles. The SMILES string of the molecule is CC1=C(C(=O)Nc2c(F)ccc(C(=O)O)c2C(C)C)SCCO1. The minimum absolute atomic E-state index is 0.0186. The Morgan fingerprint density at radius 1 is 1.39 bits per heavy atom. The van der Waals surface area contributed by atoms with Gasteiger partial charge in [0.1, 0.15) is 16.5 Å². The predicted octanol–water partition coefficient (Wildman–Crippen LogP) is 3.58. The summed E-state index contributed by atoms with van der Waals surface area (Å²) in [5.41, 5.74) is 0.164. The van der Waals surface area contributed by atoms with Crippen LogP contribution in [-0.2, 0) is 9.53 Å². The molecular weight excluding hydrogens is 321 g/mol. The lowest BCUT2D eigenvalue weighted by molar-refractivity contribution is -0.112. The number of carboxylic acids is 1. The number of carbonyl (C=O) groups excluding carboxylic acids is 1. The summed E-state index contributed by atoms with van der Waals surface area (Å²) in [6.07, 6.45) is 0. The number of allylic oxidation sites excluding steroid dienone is 1. The zero-order valence-electron chi connectivity index (χ0n) is 13.1. The molecule has 0 fully saturated rings. The normalized spacial score (nSPS) is 14.7. The highest BCUT2D eigenvalue weighted by atomic mass is 32.2. The van der Waals surface area contributed by atoms with Crippen molar-refractivity contribution < 1.29 is 23.8 Å². The van der Waals surface area contributed by atoms with Crippen molar-refractivity contribution in [3.63, 3.8) is 0 Å². The third-order valence-corrected chi connectivity index (χ3v) is 4.55. The molecule has 23 heavy (non-hydrogen) atoms. The Morgan fingerprint density at radius 3 is 2.65 bits per heavy atom. The van der Waals surface area contributed by atoms with Crippen molar-refractivity contribution in [2.24, 2.45) is 0 Å². The van der Waals surface area contributed by atoms with E-state index in [-0.39, 0.29) is 22.7 Å². The van der Waals surface area contributed by atoms with Gasteiger partial charge in [-0.05, 0) is 30.5 Å². The largest absolute Gasteiger partial charge is 0.496 e. The van der Waals surface area contributed by atoms with Crippen LogP contribution in [0.25, 0.3) is 0 Å². The quantitative estimate of drug-likeness (QED) is 0.877. The molecule has 0 radical (unpaired) electrons. The number of anilines is 1. The summed E-state index contributed by atoms with van der Waals surface area (Å²) in [5, 5.41) is 11.8. The van der Waals surface area contributed by atoms with Crippen LogP contribution in [0.15, 0.2) is 22.8 Å². The summed E-state index contributed by atoms with van der Waals surface area (Å²) in [6, 6.07) is 2.27. The first-order chi connectivity index (χ1) is 10.8. The minimum Gasteiger partial charge on any atom is -0.496 e. The van der Waals surface area contributed by atoms with Gasteiger partial charge in [-0.25, -0.2) is 9.18 Å². The van der Waals surface area contributed by atoms with Crippen LogP contribution in [0.4, 0.5) is 10.1 Å². The molecule has 1 aliphatic heterocycles. The van der Waals surface area contributed by atoms with Crippen molar-refractivity contribution in [1.82, 2.24) is 0 Å². The summed E-state index contributed by atoms with van der Waals surface area (Å²) in [6.45, 7) is 5.70. The third-order valence-electron chi connectivity index (χ3n) is 3.42. The summed E-state index contributed by atoms with van der Waals surface area (Å²) in [4.78, 5) is 24.1. The van der Waals surface area contributed by atoms with Gasteiger partial charge in [-0.1, -0.05) is 13.8 Å². The minimum atomic E-state index is -1.16. The fourth-order valence-electron chi connectivity index (χ4n) is 2.41. The number of hydrogen-bond acceptors (Lipinski definition) is 4. The number of amides is 1. The molecule has 0 aromatic heterocycles. The molecule has 1 heterocycles. The fourth-order valence-corrected chi connectivity index (χ4v) is 3.22. The van der Waals surface area contributed by atoms with E-state index in [2.05, 4.69) is 5.32 Å². The molecule has 0 bridgehead atoms. The highest BCUT2D eigenvalue weighted by Gasteiger charge is 2.25. The van der Waals surface area contributed by atoms with Crippen LogP contribution >= 0.6 is 11.8 Å². The van der Waals surface area contributed by atoms with Gasteiger partial charge in [0.05, 0.1) is 17.9 Å². The van der Waals surface area contributed by atoms with Gasteiger partial charge >= 0.3 is 5.97 Å². The topological polar surface area (TPSA) is 75.6 Å². The van der Waals surface area contributed by atoms with Crippen molar-refractivity contribution >= 4 is 29.3 Å².